The Bertz CT molecular complexity index is 521. The molecule has 6 nitrogen and oxygen atoms in total. The second kappa shape index (κ2) is 7.05. The van der Waals surface area contributed by atoms with Crippen molar-refractivity contribution in [2.24, 2.45) is 0 Å². The number of amides is 1. The third-order valence-electron chi connectivity index (χ3n) is 4.27. The number of morpholine rings is 1. The zero-order chi connectivity index (χ0) is 15.4. The highest BCUT2D eigenvalue weighted by Gasteiger charge is 2.22. The van der Waals surface area contributed by atoms with Gasteiger partial charge in [-0.25, -0.2) is 9.97 Å². The van der Waals surface area contributed by atoms with Crippen molar-refractivity contribution >= 4 is 11.7 Å². The van der Waals surface area contributed by atoms with Crippen LogP contribution < -0.4 is 4.90 Å². The van der Waals surface area contributed by atoms with Crippen molar-refractivity contribution < 1.29 is 9.53 Å². The molecule has 0 unspecified atom stereocenters. The van der Waals surface area contributed by atoms with Gasteiger partial charge >= 0.3 is 0 Å². The van der Waals surface area contributed by atoms with Crippen LogP contribution in [0.4, 0.5) is 5.82 Å². The lowest BCUT2D eigenvalue weighted by atomic mass is 10.2. The Morgan fingerprint density at radius 3 is 2.41 bits per heavy atom. The second-order valence-electron chi connectivity index (χ2n) is 5.96. The summed E-state index contributed by atoms with van der Waals surface area (Å²) in [6.07, 6.45) is 4.94. The zero-order valence-corrected chi connectivity index (χ0v) is 13.3. The topological polar surface area (TPSA) is 58.6 Å². The SMILES string of the molecule is Cc1nc(C(=O)N2CCOCC2)cc(N2CCCCCC2)n1. The number of hydrogen-bond acceptors (Lipinski definition) is 5. The van der Waals surface area contributed by atoms with Crippen molar-refractivity contribution in [2.75, 3.05) is 44.3 Å². The Balaban J connectivity index is 1.80. The lowest BCUT2D eigenvalue weighted by Gasteiger charge is -2.27. The van der Waals surface area contributed by atoms with Gasteiger partial charge in [0.1, 0.15) is 17.3 Å². The van der Waals surface area contributed by atoms with Gasteiger partial charge in [-0.05, 0) is 19.8 Å². The molecule has 0 radical (unpaired) electrons. The molecular weight excluding hydrogens is 280 g/mol. The lowest BCUT2D eigenvalue weighted by Crippen LogP contribution is -2.41. The summed E-state index contributed by atoms with van der Waals surface area (Å²) in [5, 5.41) is 0. The van der Waals surface area contributed by atoms with Gasteiger partial charge in [0.2, 0.25) is 0 Å². The number of aryl methyl sites for hydroxylation is 1. The van der Waals surface area contributed by atoms with E-state index < -0.39 is 0 Å². The van der Waals surface area contributed by atoms with Crippen LogP contribution in [0, 0.1) is 6.92 Å². The first-order valence-corrected chi connectivity index (χ1v) is 8.22. The zero-order valence-electron chi connectivity index (χ0n) is 13.3. The third kappa shape index (κ3) is 3.55. The first-order chi connectivity index (χ1) is 10.7. The van der Waals surface area contributed by atoms with Crippen LogP contribution in [0.2, 0.25) is 0 Å². The molecule has 0 atom stereocenters. The molecule has 3 rings (SSSR count). The highest BCUT2D eigenvalue weighted by Crippen LogP contribution is 2.19. The van der Waals surface area contributed by atoms with E-state index in [-0.39, 0.29) is 5.91 Å². The van der Waals surface area contributed by atoms with Crippen LogP contribution in [0.5, 0.6) is 0 Å². The van der Waals surface area contributed by atoms with E-state index in [4.69, 9.17) is 4.74 Å². The molecule has 2 aliphatic heterocycles. The maximum Gasteiger partial charge on any atom is 0.272 e. The Hall–Kier alpha value is -1.69. The molecule has 1 aromatic rings. The molecule has 0 N–H and O–H groups in total. The smallest absolute Gasteiger partial charge is 0.272 e. The van der Waals surface area contributed by atoms with Gasteiger partial charge in [-0.1, -0.05) is 12.8 Å². The molecule has 2 saturated heterocycles. The van der Waals surface area contributed by atoms with Crippen LogP contribution in [0.1, 0.15) is 42.0 Å². The standard InChI is InChI=1S/C16H24N4O2/c1-13-17-14(16(21)20-8-10-22-11-9-20)12-15(18-13)19-6-4-2-3-5-7-19/h12H,2-11H2,1H3. The number of hydrogen-bond donors (Lipinski definition) is 0. The number of carbonyl (C=O) groups is 1. The highest BCUT2D eigenvalue weighted by atomic mass is 16.5. The summed E-state index contributed by atoms with van der Waals surface area (Å²) in [5.74, 6) is 1.55. The average Bonchev–Trinajstić information content (AvgIpc) is 2.84. The van der Waals surface area contributed by atoms with E-state index in [2.05, 4.69) is 14.9 Å². The van der Waals surface area contributed by atoms with Crippen molar-refractivity contribution in [1.29, 1.82) is 0 Å². The molecule has 0 aromatic carbocycles. The maximum absolute atomic E-state index is 12.6. The van der Waals surface area contributed by atoms with E-state index in [1.165, 1.54) is 25.7 Å². The van der Waals surface area contributed by atoms with Crippen LogP contribution in [0.15, 0.2) is 6.07 Å². The quantitative estimate of drug-likeness (QED) is 0.831. The number of ether oxygens (including phenoxy) is 1. The van der Waals surface area contributed by atoms with Crippen LogP contribution in [0.25, 0.3) is 0 Å². The highest BCUT2D eigenvalue weighted by molar-refractivity contribution is 5.93. The van der Waals surface area contributed by atoms with Crippen LogP contribution >= 0.6 is 0 Å². The minimum Gasteiger partial charge on any atom is -0.378 e. The molecule has 120 valence electrons. The fourth-order valence-corrected chi connectivity index (χ4v) is 3.05. The summed E-state index contributed by atoms with van der Waals surface area (Å²) in [5.41, 5.74) is 0.508. The summed E-state index contributed by atoms with van der Waals surface area (Å²) in [6.45, 7) is 6.38. The molecule has 1 amide bonds. The molecule has 22 heavy (non-hydrogen) atoms. The van der Waals surface area contributed by atoms with E-state index in [9.17, 15) is 4.79 Å². The van der Waals surface area contributed by atoms with Gasteiger partial charge in [-0.2, -0.15) is 0 Å². The van der Waals surface area contributed by atoms with Crippen molar-refractivity contribution in [3.63, 3.8) is 0 Å². The molecule has 0 saturated carbocycles. The summed E-state index contributed by atoms with van der Waals surface area (Å²) in [7, 11) is 0. The summed E-state index contributed by atoms with van der Waals surface area (Å²) in [6, 6.07) is 1.86. The number of nitrogens with zero attached hydrogens (tertiary/aromatic N) is 4. The van der Waals surface area contributed by atoms with Crippen LogP contribution in [0.3, 0.4) is 0 Å². The van der Waals surface area contributed by atoms with Crippen molar-refractivity contribution in [3.05, 3.63) is 17.6 Å². The molecule has 3 heterocycles. The monoisotopic (exact) mass is 304 g/mol. The minimum atomic E-state index is -0.00938. The van der Waals surface area contributed by atoms with E-state index in [1.807, 2.05) is 17.9 Å². The largest absolute Gasteiger partial charge is 0.378 e. The van der Waals surface area contributed by atoms with Crippen molar-refractivity contribution in [2.45, 2.75) is 32.6 Å². The number of carbonyl (C=O) groups excluding carboxylic acids is 1. The molecule has 2 fully saturated rings. The first kappa shape index (κ1) is 15.2. The normalized spacial score (nSPS) is 19.9. The van der Waals surface area contributed by atoms with E-state index in [1.54, 1.807) is 0 Å². The number of rotatable bonds is 2. The first-order valence-electron chi connectivity index (χ1n) is 8.22. The number of aromatic nitrogens is 2. The van der Waals surface area contributed by atoms with Crippen molar-refractivity contribution in [3.8, 4) is 0 Å². The van der Waals surface area contributed by atoms with E-state index in [0.29, 0.717) is 37.8 Å². The maximum atomic E-state index is 12.6. The summed E-state index contributed by atoms with van der Waals surface area (Å²) in [4.78, 5) is 25.6. The summed E-state index contributed by atoms with van der Waals surface area (Å²) < 4.78 is 5.31. The molecule has 2 aliphatic rings. The second-order valence-corrected chi connectivity index (χ2v) is 5.96. The Kier molecular flexibility index (Phi) is 4.87. The molecule has 0 spiro atoms. The van der Waals surface area contributed by atoms with Gasteiger partial charge in [-0.15, -0.1) is 0 Å². The van der Waals surface area contributed by atoms with Gasteiger partial charge in [-0.3, -0.25) is 4.79 Å². The number of anilines is 1. The Morgan fingerprint density at radius 1 is 1.05 bits per heavy atom. The van der Waals surface area contributed by atoms with Crippen LogP contribution in [-0.2, 0) is 4.74 Å². The Labute approximate surface area is 131 Å². The fourth-order valence-electron chi connectivity index (χ4n) is 3.05. The van der Waals surface area contributed by atoms with Gasteiger partial charge in [0.15, 0.2) is 0 Å². The molecular formula is C16H24N4O2. The fraction of sp³-hybridized carbons (Fsp3) is 0.688. The molecule has 0 aliphatic carbocycles. The van der Waals surface area contributed by atoms with Crippen molar-refractivity contribution in [1.82, 2.24) is 14.9 Å². The van der Waals surface area contributed by atoms with Gasteiger partial charge in [0.25, 0.3) is 5.91 Å². The average molecular weight is 304 g/mol. The third-order valence-corrected chi connectivity index (χ3v) is 4.27. The van der Waals surface area contributed by atoms with E-state index in [0.717, 1.165) is 18.9 Å². The lowest BCUT2D eigenvalue weighted by molar-refractivity contribution is 0.0299. The van der Waals surface area contributed by atoms with E-state index >= 15 is 0 Å². The van der Waals surface area contributed by atoms with Gasteiger partial charge in [0, 0.05) is 32.2 Å². The Morgan fingerprint density at radius 2 is 1.73 bits per heavy atom. The van der Waals surface area contributed by atoms with Gasteiger partial charge in [0.05, 0.1) is 13.2 Å². The molecule has 6 heteroatoms. The predicted molar refractivity (Wildman–Crippen MR) is 84.2 cm³/mol. The molecule has 0 bridgehead atoms. The molecule has 1 aromatic heterocycles. The predicted octanol–water partition coefficient (Wildman–Crippen LogP) is 1.64. The van der Waals surface area contributed by atoms with Crippen LogP contribution in [-0.4, -0.2) is 60.2 Å². The minimum absolute atomic E-state index is 0.00938. The summed E-state index contributed by atoms with van der Waals surface area (Å²) >= 11 is 0. The van der Waals surface area contributed by atoms with Gasteiger partial charge < -0.3 is 14.5 Å².